The van der Waals surface area contributed by atoms with Gasteiger partial charge in [-0.25, -0.2) is 0 Å². The first-order valence-corrected chi connectivity index (χ1v) is 7.64. The Labute approximate surface area is 133 Å². The van der Waals surface area contributed by atoms with Crippen molar-refractivity contribution in [3.63, 3.8) is 0 Å². The van der Waals surface area contributed by atoms with Gasteiger partial charge in [0.05, 0.1) is 22.9 Å². The molecule has 0 spiro atoms. The van der Waals surface area contributed by atoms with Crippen LogP contribution in [-0.4, -0.2) is 41.9 Å². The molecule has 2 aromatic rings. The number of carbonyl (C=O) groups excluding carboxylic acids is 1. The molecule has 1 aliphatic heterocycles. The van der Waals surface area contributed by atoms with E-state index in [-0.39, 0.29) is 5.91 Å². The number of nitrogens with one attached hydrogen (secondary N) is 3. The summed E-state index contributed by atoms with van der Waals surface area (Å²) in [5, 5.41) is 14.9. The number of fused-ring (bicyclic) bond motifs is 1. The van der Waals surface area contributed by atoms with Crippen molar-refractivity contribution in [3.05, 3.63) is 28.9 Å². The lowest BCUT2D eigenvalue weighted by Gasteiger charge is -2.30. The third-order valence-electron chi connectivity index (χ3n) is 3.82. The molecule has 22 heavy (non-hydrogen) atoms. The Kier molecular flexibility index (Phi) is 4.08. The second kappa shape index (κ2) is 5.87. The molecule has 1 aromatic heterocycles. The van der Waals surface area contributed by atoms with Gasteiger partial charge in [-0.05, 0) is 19.9 Å². The molecule has 2 heterocycles. The number of aromatic amines is 1. The molecule has 0 aliphatic carbocycles. The van der Waals surface area contributed by atoms with Gasteiger partial charge in [-0.15, -0.1) is 0 Å². The molecule has 0 saturated carbocycles. The summed E-state index contributed by atoms with van der Waals surface area (Å²) in [6.07, 6.45) is -0.467. The van der Waals surface area contributed by atoms with Gasteiger partial charge in [0.1, 0.15) is 11.6 Å². The maximum absolute atomic E-state index is 12.4. The van der Waals surface area contributed by atoms with E-state index in [0.29, 0.717) is 23.7 Å². The van der Waals surface area contributed by atoms with E-state index in [2.05, 4.69) is 20.8 Å². The van der Waals surface area contributed by atoms with Crippen molar-refractivity contribution in [2.45, 2.75) is 25.5 Å². The van der Waals surface area contributed by atoms with E-state index in [1.54, 1.807) is 6.07 Å². The number of amides is 1. The van der Waals surface area contributed by atoms with E-state index in [1.165, 1.54) is 0 Å². The predicted molar refractivity (Wildman–Crippen MR) is 84.9 cm³/mol. The molecule has 6 nitrogen and oxygen atoms in total. The summed E-state index contributed by atoms with van der Waals surface area (Å²) in [6, 6.07) is 5.60. The third kappa shape index (κ3) is 2.82. The molecule has 7 heteroatoms. The summed E-state index contributed by atoms with van der Waals surface area (Å²) in [6.45, 7) is 5.69. The Hall–Kier alpha value is -1.63. The number of hydrogen-bond acceptors (Lipinski definition) is 4. The Morgan fingerprint density at radius 1 is 1.50 bits per heavy atom. The maximum Gasteiger partial charge on any atom is 0.251 e. The maximum atomic E-state index is 12.4. The number of benzene rings is 1. The predicted octanol–water partition coefficient (Wildman–Crippen LogP) is 1.56. The van der Waals surface area contributed by atoms with Crippen molar-refractivity contribution in [1.82, 2.24) is 20.8 Å². The zero-order valence-electron chi connectivity index (χ0n) is 12.6. The van der Waals surface area contributed by atoms with Crippen molar-refractivity contribution in [2.75, 3.05) is 19.7 Å². The normalized spacial score (nSPS) is 19.3. The molecule has 0 radical (unpaired) electrons. The molecule has 1 atom stereocenters. The van der Waals surface area contributed by atoms with E-state index < -0.39 is 11.6 Å². The fourth-order valence-corrected chi connectivity index (χ4v) is 2.88. The summed E-state index contributed by atoms with van der Waals surface area (Å²) >= 11 is 6.15. The largest absolute Gasteiger partial charge is 0.366 e. The monoisotopic (exact) mass is 322 g/mol. The lowest BCUT2D eigenvalue weighted by Crippen LogP contribution is -2.52. The highest BCUT2D eigenvalue weighted by atomic mass is 35.5. The van der Waals surface area contributed by atoms with Crippen molar-refractivity contribution in [2.24, 2.45) is 0 Å². The number of morpholine rings is 1. The van der Waals surface area contributed by atoms with Crippen molar-refractivity contribution in [3.8, 4) is 0 Å². The van der Waals surface area contributed by atoms with Crippen molar-refractivity contribution < 1.29 is 9.53 Å². The first-order valence-electron chi connectivity index (χ1n) is 7.26. The number of nitrogens with zero attached hydrogens (tertiary/aromatic N) is 1. The second-order valence-electron chi connectivity index (χ2n) is 5.91. The SMILES string of the molecule is CC(C)(NC(=O)[C@@H]1CNCCO1)c1[nH]nc2c(Cl)cccc12. The van der Waals surface area contributed by atoms with Crippen LogP contribution in [0.5, 0.6) is 0 Å². The van der Waals surface area contributed by atoms with E-state index in [4.69, 9.17) is 16.3 Å². The van der Waals surface area contributed by atoms with Crippen LogP contribution in [0.25, 0.3) is 10.9 Å². The number of ether oxygens (including phenoxy) is 1. The average molecular weight is 323 g/mol. The summed E-state index contributed by atoms with van der Waals surface area (Å²) in [4.78, 5) is 12.4. The first-order chi connectivity index (χ1) is 10.5. The van der Waals surface area contributed by atoms with Crippen LogP contribution in [0.4, 0.5) is 0 Å². The molecule has 1 aliphatic rings. The number of rotatable bonds is 3. The number of H-pyrrole nitrogens is 1. The molecule has 1 saturated heterocycles. The average Bonchev–Trinajstić information content (AvgIpc) is 2.94. The van der Waals surface area contributed by atoms with Gasteiger partial charge < -0.3 is 15.4 Å². The van der Waals surface area contributed by atoms with E-state index in [0.717, 1.165) is 17.6 Å². The minimum absolute atomic E-state index is 0.137. The van der Waals surface area contributed by atoms with Crippen LogP contribution in [-0.2, 0) is 15.1 Å². The lowest BCUT2D eigenvalue weighted by atomic mass is 9.96. The van der Waals surface area contributed by atoms with Crippen LogP contribution in [0.1, 0.15) is 19.5 Å². The summed E-state index contributed by atoms with van der Waals surface area (Å²) in [5.41, 5.74) is 0.913. The molecule has 3 N–H and O–H groups in total. The molecule has 1 amide bonds. The summed E-state index contributed by atoms with van der Waals surface area (Å²) < 4.78 is 5.49. The highest BCUT2D eigenvalue weighted by Crippen LogP contribution is 2.30. The molecule has 0 bridgehead atoms. The van der Waals surface area contributed by atoms with E-state index >= 15 is 0 Å². The second-order valence-corrected chi connectivity index (χ2v) is 6.32. The Morgan fingerprint density at radius 2 is 2.32 bits per heavy atom. The minimum Gasteiger partial charge on any atom is -0.366 e. The summed E-state index contributed by atoms with van der Waals surface area (Å²) in [5.74, 6) is -0.137. The van der Waals surface area contributed by atoms with Gasteiger partial charge >= 0.3 is 0 Å². The van der Waals surface area contributed by atoms with Crippen molar-refractivity contribution in [1.29, 1.82) is 0 Å². The topological polar surface area (TPSA) is 79.0 Å². The van der Waals surface area contributed by atoms with Crippen LogP contribution in [0.15, 0.2) is 18.2 Å². The van der Waals surface area contributed by atoms with Crippen LogP contribution in [0, 0.1) is 0 Å². The molecule has 1 fully saturated rings. The van der Waals surface area contributed by atoms with Gasteiger partial charge in [0.15, 0.2) is 0 Å². The molecular weight excluding hydrogens is 304 g/mol. The first kappa shape index (κ1) is 15.3. The van der Waals surface area contributed by atoms with E-state index in [9.17, 15) is 4.79 Å². The molecule has 0 unspecified atom stereocenters. The van der Waals surface area contributed by atoms with Gasteiger partial charge in [0, 0.05) is 18.5 Å². The third-order valence-corrected chi connectivity index (χ3v) is 4.12. The minimum atomic E-state index is -0.614. The molecule has 3 rings (SSSR count). The van der Waals surface area contributed by atoms with Crippen LogP contribution in [0.2, 0.25) is 5.02 Å². The zero-order chi connectivity index (χ0) is 15.7. The van der Waals surface area contributed by atoms with Crippen LogP contribution < -0.4 is 10.6 Å². The number of halogens is 1. The fourth-order valence-electron chi connectivity index (χ4n) is 2.66. The van der Waals surface area contributed by atoms with Gasteiger partial charge in [0.2, 0.25) is 0 Å². The van der Waals surface area contributed by atoms with Crippen molar-refractivity contribution >= 4 is 28.4 Å². The number of aromatic nitrogens is 2. The zero-order valence-corrected chi connectivity index (χ0v) is 13.3. The lowest BCUT2D eigenvalue weighted by molar-refractivity contribution is -0.136. The molecule has 118 valence electrons. The smallest absolute Gasteiger partial charge is 0.251 e. The number of para-hydroxylation sites is 1. The number of carbonyl (C=O) groups is 1. The Bertz CT molecular complexity index is 692. The van der Waals surface area contributed by atoms with Crippen LogP contribution in [0.3, 0.4) is 0 Å². The summed E-state index contributed by atoms with van der Waals surface area (Å²) in [7, 11) is 0. The Morgan fingerprint density at radius 3 is 3.05 bits per heavy atom. The Balaban J connectivity index is 1.84. The van der Waals surface area contributed by atoms with Crippen LogP contribution >= 0.6 is 11.6 Å². The van der Waals surface area contributed by atoms with Gasteiger partial charge in [0.25, 0.3) is 5.91 Å². The van der Waals surface area contributed by atoms with Gasteiger partial charge in [-0.2, -0.15) is 5.10 Å². The highest BCUT2D eigenvalue weighted by Gasteiger charge is 2.31. The van der Waals surface area contributed by atoms with Gasteiger partial charge in [-0.3, -0.25) is 9.89 Å². The molecular formula is C15H19ClN4O2. The fraction of sp³-hybridized carbons (Fsp3) is 0.467. The number of hydrogen-bond donors (Lipinski definition) is 3. The molecule has 1 aromatic carbocycles. The standard InChI is InChI=1S/C15H19ClN4O2/c1-15(2,18-14(21)11-8-17-6-7-22-11)13-9-4-3-5-10(16)12(9)19-20-13/h3-5,11,17H,6-8H2,1-2H3,(H,18,21)(H,19,20)/t11-/m0/s1. The highest BCUT2D eigenvalue weighted by molar-refractivity contribution is 6.35. The quantitative estimate of drug-likeness (QED) is 0.801. The van der Waals surface area contributed by atoms with E-state index in [1.807, 2.05) is 26.0 Å². The van der Waals surface area contributed by atoms with Gasteiger partial charge in [-0.1, -0.05) is 23.7 Å².